The molecule has 5 nitrogen and oxygen atoms in total. The number of aromatic nitrogens is 2. The lowest BCUT2D eigenvalue weighted by atomic mass is 10.1. The first kappa shape index (κ1) is 17.3. The molecule has 1 saturated heterocycles. The third kappa shape index (κ3) is 3.58. The lowest BCUT2D eigenvalue weighted by molar-refractivity contribution is 0.0740. The number of benzene rings is 2. The van der Waals surface area contributed by atoms with E-state index >= 15 is 0 Å². The van der Waals surface area contributed by atoms with Crippen molar-refractivity contribution in [3.05, 3.63) is 71.9 Å². The zero-order chi connectivity index (χ0) is 18.8. The van der Waals surface area contributed by atoms with Crippen molar-refractivity contribution in [3.8, 4) is 11.3 Å². The maximum absolute atomic E-state index is 12.9. The van der Waals surface area contributed by atoms with Crippen molar-refractivity contribution in [2.45, 2.75) is 6.92 Å². The third-order valence-electron chi connectivity index (χ3n) is 5.13. The number of aryl methyl sites for hydroxylation is 2. The predicted molar refractivity (Wildman–Crippen MR) is 108 cm³/mol. The summed E-state index contributed by atoms with van der Waals surface area (Å²) in [6.45, 7) is 5.17. The standard InChI is InChI=1S/C22H24N4O/c1-17-8-10-18(11-9-17)21-16-20(23-24(21)2)22(27)26-14-12-25(13-15-26)19-6-4-3-5-7-19/h3-11,16H,12-15H2,1-2H3. The lowest BCUT2D eigenvalue weighted by Crippen LogP contribution is -2.48. The Labute approximate surface area is 159 Å². The SMILES string of the molecule is Cc1ccc(-c2cc(C(=O)N3CCN(c4ccccc4)CC3)nn2C)cc1. The Kier molecular flexibility index (Phi) is 4.67. The Morgan fingerprint density at radius 3 is 2.26 bits per heavy atom. The molecule has 1 aromatic heterocycles. The summed E-state index contributed by atoms with van der Waals surface area (Å²) in [5.74, 6) is 0.0108. The zero-order valence-electron chi connectivity index (χ0n) is 15.8. The van der Waals surface area contributed by atoms with Crippen LogP contribution in [0.5, 0.6) is 0 Å². The van der Waals surface area contributed by atoms with E-state index < -0.39 is 0 Å². The maximum Gasteiger partial charge on any atom is 0.274 e. The van der Waals surface area contributed by atoms with Crippen LogP contribution in [0, 0.1) is 6.92 Å². The van der Waals surface area contributed by atoms with Gasteiger partial charge in [-0.1, -0.05) is 48.0 Å². The summed E-state index contributed by atoms with van der Waals surface area (Å²) < 4.78 is 1.79. The van der Waals surface area contributed by atoms with E-state index in [0.29, 0.717) is 18.8 Å². The largest absolute Gasteiger partial charge is 0.368 e. The van der Waals surface area contributed by atoms with Gasteiger partial charge in [0.2, 0.25) is 0 Å². The Morgan fingerprint density at radius 1 is 0.926 bits per heavy atom. The number of piperazine rings is 1. The Bertz CT molecular complexity index is 923. The van der Waals surface area contributed by atoms with Gasteiger partial charge in [-0.2, -0.15) is 5.10 Å². The second-order valence-electron chi connectivity index (χ2n) is 7.02. The van der Waals surface area contributed by atoms with Gasteiger partial charge in [-0.3, -0.25) is 9.48 Å². The van der Waals surface area contributed by atoms with E-state index in [1.807, 2.05) is 36.2 Å². The fourth-order valence-corrected chi connectivity index (χ4v) is 3.53. The number of anilines is 1. The topological polar surface area (TPSA) is 41.4 Å². The summed E-state index contributed by atoms with van der Waals surface area (Å²) in [6.07, 6.45) is 0. The molecule has 1 aliphatic rings. The van der Waals surface area contributed by atoms with Crippen molar-refractivity contribution in [2.75, 3.05) is 31.1 Å². The van der Waals surface area contributed by atoms with Crippen LogP contribution in [0.1, 0.15) is 16.1 Å². The van der Waals surface area contributed by atoms with Gasteiger partial charge >= 0.3 is 0 Å². The van der Waals surface area contributed by atoms with Gasteiger partial charge in [0, 0.05) is 38.9 Å². The molecule has 138 valence electrons. The van der Waals surface area contributed by atoms with Crippen LogP contribution in [-0.4, -0.2) is 46.8 Å². The highest BCUT2D eigenvalue weighted by atomic mass is 16.2. The van der Waals surface area contributed by atoms with Crippen molar-refractivity contribution < 1.29 is 4.79 Å². The fourth-order valence-electron chi connectivity index (χ4n) is 3.53. The van der Waals surface area contributed by atoms with Crippen LogP contribution in [0.3, 0.4) is 0 Å². The quantitative estimate of drug-likeness (QED) is 0.719. The van der Waals surface area contributed by atoms with Gasteiger partial charge in [0.05, 0.1) is 5.69 Å². The fraction of sp³-hybridized carbons (Fsp3) is 0.273. The molecule has 3 aromatic rings. The molecule has 0 radical (unpaired) electrons. The maximum atomic E-state index is 12.9. The number of carbonyl (C=O) groups is 1. The van der Waals surface area contributed by atoms with E-state index in [1.54, 1.807) is 4.68 Å². The molecule has 1 amide bonds. The van der Waals surface area contributed by atoms with E-state index in [4.69, 9.17) is 0 Å². The molecular formula is C22H24N4O. The average Bonchev–Trinajstić information content (AvgIpc) is 3.10. The van der Waals surface area contributed by atoms with Crippen LogP contribution in [-0.2, 0) is 7.05 Å². The van der Waals surface area contributed by atoms with E-state index in [1.165, 1.54) is 11.3 Å². The summed E-state index contributed by atoms with van der Waals surface area (Å²) in [5.41, 5.74) is 4.98. The average molecular weight is 360 g/mol. The molecule has 2 heterocycles. The highest BCUT2D eigenvalue weighted by Crippen LogP contribution is 2.22. The number of carbonyl (C=O) groups excluding carboxylic acids is 1. The predicted octanol–water partition coefficient (Wildman–Crippen LogP) is 3.36. The minimum atomic E-state index is 0.0108. The molecule has 4 rings (SSSR count). The van der Waals surface area contributed by atoms with Crippen LogP contribution in [0.4, 0.5) is 5.69 Å². The van der Waals surface area contributed by atoms with Gasteiger partial charge in [0.1, 0.15) is 0 Å². The summed E-state index contributed by atoms with van der Waals surface area (Å²) in [4.78, 5) is 17.1. The van der Waals surface area contributed by atoms with Crippen molar-refractivity contribution in [2.24, 2.45) is 7.05 Å². The zero-order valence-corrected chi connectivity index (χ0v) is 15.8. The second-order valence-corrected chi connectivity index (χ2v) is 7.02. The summed E-state index contributed by atoms with van der Waals surface area (Å²) >= 11 is 0. The minimum absolute atomic E-state index is 0.0108. The number of nitrogens with zero attached hydrogens (tertiary/aromatic N) is 4. The molecule has 0 N–H and O–H groups in total. The molecule has 0 bridgehead atoms. The first-order valence-electron chi connectivity index (χ1n) is 9.32. The Hall–Kier alpha value is -3.08. The first-order valence-corrected chi connectivity index (χ1v) is 9.32. The van der Waals surface area contributed by atoms with Crippen molar-refractivity contribution in [1.29, 1.82) is 0 Å². The van der Waals surface area contributed by atoms with Crippen LogP contribution < -0.4 is 4.90 Å². The number of hydrogen-bond donors (Lipinski definition) is 0. The molecule has 2 aromatic carbocycles. The van der Waals surface area contributed by atoms with Crippen LogP contribution >= 0.6 is 0 Å². The molecule has 0 aliphatic carbocycles. The number of rotatable bonds is 3. The normalized spacial score (nSPS) is 14.4. The number of amides is 1. The van der Waals surface area contributed by atoms with E-state index in [0.717, 1.165) is 24.3 Å². The highest BCUT2D eigenvalue weighted by molar-refractivity contribution is 5.93. The molecule has 0 saturated carbocycles. The van der Waals surface area contributed by atoms with Gasteiger partial charge in [-0.15, -0.1) is 0 Å². The van der Waals surface area contributed by atoms with E-state index in [-0.39, 0.29) is 5.91 Å². The minimum Gasteiger partial charge on any atom is -0.368 e. The van der Waals surface area contributed by atoms with Crippen LogP contribution in [0.2, 0.25) is 0 Å². The molecule has 1 fully saturated rings. The van der Waals surface area contributed by atoms with Gasteiger partial charge < -0.3 is 9.80 Å². The molecule has 1 aliphatic heterocycles. The van der Waals surface area contributed by atoms with Gasteiger partial charge in [0.25, 0.3) is 5.91 Å². The van der Waals surface area contributed by atoms with E-state index in [2.05, 4.69) is 53.3 Å². The van der Waals surface area contributed by atoms with Gasteiger partial charge in [0.15, 0.2) is 5.69 Å². The lowest BCUT2D eigenvalue weighted by Gasteiger charge is -2.35. The molecule has 0 spiro atoms. The number of hydrogen-bond acceptors (Lipinski definition) is 3. The van der Waals surface area contributed by atoms with Crippen LogP contribution in [0.25, 0.3) is 11.3 Å². The molecule has 27 heavy (non-hydrogen) atoms. The van der Waals surface area contributed by atoms with Crippen molar-refractivity contribution in [1.82, 2.24) is 14.7 Å². The first-order chi connectivity index (χ1) is 13.1. The molecule has 5 heteroatoms. The summed E-state index contributed by atoms with van der Waals surface area (Å²) in [5, 5.41) is 4.47. The van der Waals surface area contributed by atoms with E-state index in [9.17, 15) is 4.79 Å². The third-order valence-corrected chi connectivity index (χ3v) is 5.13. The highest BCUT2D eigenvalue weighted by Gasteiger charge is 2.24. The summed E-state index contributed by atoms with van der Waals surface area (Å²) in [7, 11) is 1.89. The Balaban J connectivity index is 1.46. The van der Waals surface area contributed by atoms with Crippen LogP contribution in [0.15, 0.2) is 60.7 Å². The smallest absolute Gasteiger partial charge is 0.274 e. The monoisotopic (exact) mass is 360 g/mol. The second kappa shape index (κ2) is 7.27. The Morgan fingerprint density at radius 2 is 1.59 bits per heavy atom. The van der Waals surface area contributed by atoms with Crippen molar-refractivity contribution in [3.63, 3.8) is 0 Å². The van der Waals surface area contributed by atoms with Gasteiger partial charge in [-0.25, -0.2) is 0 Å². The number of para-hydroxylation sites is 1. The molecule has 0 unspecified atom stereocenters. The summed E-state index contributed by atoms with van der Waals surface area (Å²) in [6, 6.07) is 20.5. The van der Waals surface area contributed by atoms with Crippen molar-refractivity contribution >= 4 is 11.6 Å². The molecule has 0 atom stereocenters. The van der Waals surface area contributed by atoms with Gasteiger partial charge in [-0.05, 0) is 30.7 Å². The molecular weight excluding hydrogens is 336 g/mol.